The first kappa shape index (κ1) is 19.4. The number of rotatable bonds is 5. The molecule has 8 heteroatoms. The van der Waals surface area contributed by atoms with Crippen LogP contribution in [0, 0.1) is 15.2 Å². The summed E-state index contributed by atoms with van der Waals surface area (Å²) in [5.74, 6) is -2.52. The van der Waals surface area contributed by atoms with Crippen LogP contribution in [0.2, 0.25) is 0 Å². The highest BCUT2D eigenvalue weighted by molar-refractivity contribution is 14.1. The van der Waals surface area contributed by atoms with Crippen LogP contribution in [0.1, 0.15) is 21.5 Å². The van der Waals surface area contributed by atoms with Gasteiger partial charge >= 0.3 is 5.97 Å². The minimum absolute atomic E-state index is 0.00134. The molecule has 3 aromatic rings. The number of aliphatic hydroxyl groups is 1. The number of aliphatic hydroxyl groups excluding tert-OH is 1. The number of hydrogen-bond acceptors (Lipinski definition) is 3. The van der Waals surface area contributed by atoms with E-state index in [1.165, 1.54) is 16.7 Å². The van der Waals surface area contributed by atoms with Gasteiger partial charge in [0.15, 0.2) is 0 Å². The van der Waals surface area contributed by atoms with Crippen LogP contribution in [0.25, 0.3) is 10.9 Å². The van der Waals surface area contributed by atoms with Crippen molar-refractivity contribution in [2.75, 3.05) is 6.61 Å². The van der Waals surface area contributed by atoms with Crippen LogP contribution in [0.4, 0.5) is 8.78 Å². The molecule has 0 fully saturated rings. The van der Waals surface area contributed by atoms with E-state index in [1.807, 2.05) is 22.6 Å². The van der Waals surface area contributed by atoms with Crippen LogP contribution >= 0.6 is 22.6 Å². The Hall–Kier alpha value is -2.33. The zero-order valence-corrected chi connectivity index (χ0v) is 16.0. The highest BCUT2D eigenvalue weighted by Gasteiger charge is 2.18. The Morgan fingerprint density at radius 1 is 1.19 bits per heavy atom. The summed E-state index contributed by atoms with van der Waals surface area (Å²) in [5.41, 5.74) is -0.711. The summed E-state index contributed by atoms with van der Waals surface area (Å²) in [6, 6.07) is 7.13. The predicted octanol–water partition coefficient (Wildman–Crippen LogP) is 3.17. The van der Waals surface area contributed by atoms with Crippen molar-refractivity contribution in [2.24, 2.45) is 0 Å². The van der Waals surface area contributed by atoms with Crippen LogP contribution in [0.3, 0.4) is 0 Å². The molecule has 0 saturated carbocycles. The Morgan fingerprint density at radius 3 is 2.59 bits per heavy atom. The molecule has 0 spiro atoms. The van der Waals surface area contributed by atoms with E-state index in [4.69, 9.17) is 0 Å². The molecule has 0 unspecified atom stereocenters. The van der Waals surface area contributed by atoms with Crippen LogP contribution in [-0.4, -0.2) is 27.4 Å². The standard InChI is InChI=1S/C19H14F2INO4/c20-14-8-16-12(18(25)13(19(26)27)9-23(16)4-5-24)7-11(14)6-10-2-1-3-15(22)17(10)21/h1-3,7-9,24H,4-6H2,(H,26,27). The van der Waals surface area contributed by atoms with Crippen molar-refractivity contribution in [1.29, 1.82) is 0 Å². The second kappa shape index (κ2) is 7.73. The molecule has 0 aliphatic carbocycles. The van der Waals surface area contributed by atoms with E-state index in [-0.39, 0.29) is 41.6 Å². The van der Waals surface area contributed by atoms with Gasteiger partial charge in [0.25, 0.3) is 0 Å². The number of nitrogens with zero attached hydrogens (tertiary/aromatic N) is 1. The third-order valence-electron chi connectivity index (χ3n) is 4.23. The molecule has 0 radical (unpaired) electrons. The number of carboxylic acids is 1. The summed E-state index contributed by atoms with van der Waals surface area (Å²) in [6.07, 6.45) is 1.00. The lowest BCUT2D eigenvalue weighted by Crippen LogP contribution is -2.20. The first-order valence-electron chi connectivity index (χ1n) is 7.96. The second-order valence-electron chi connectivity index (χ2n) is 5.94. The molecule has 3 rings (SSSR count). The normalized spacial score (nSPS) is 11.1. The Balaban J connectivity index is 2.23. The van der Waals surface area contributed by atoms with Gasteiger partial charge in [-0.25, -0.2) is 13.6 Å². The summed E-state index contributed by atoms with van der Waals surface area (Å²) in [7, 11) is 0. The molecule has 0 saturated heterocycles. The molecule has 0 atom stereocenters. The summed E-state index contributed by atoms with van der Waals surface area (Å²) < 4.78 is 30.6. The van der Waals surface area contributed by atoms with Crippen LogP contribution in [-0.2, 0) is 13.0 Å². The van der Waals surface area contributed by atoms with E-state index in [0.717, 1.165) is 12.3 Å². The van der Waals surface area contributed by atoms with Gasteiger partial charge in [0.1, 0.15) is 17.2 Å². The van der Waals surface area contributed by atoms with Gasteiger partial charge in [0.2, 0.25) is 5.43 Å². The molecule has 0 aliphatic heterocycles. The number of halogens is 3. The number of aromatic carboxylic acids is 1. The van der Waals surface area contributed by atoms with Crippen molar-refractivity contribution in [3.63, 3.8) is 0 Å². The Labute approximate surface area is 166 Å². The fourth-order valence-corrected chi connectivity index (χ4v) is 3.48. The summed E-state index contributed by atoms with van der Waals surface area (Å²) in [5, 5.41) is 18.4. The van der Waals surface area contributed by atoms with Crippen molar-refractivity contribution in [3.8, 4) is 0 Å². The summed E-state index contributed by atoms with van der Waals surface area (Å²) >= 11 is 1.83. The zero-order chi connectivity index (χ0) is 19.7. The Morgan fingerprint density at radius 2 is 1.93 bits per heavy atom. The third kappa shape index (κ3) is 3.72. The fourth-order valence-electron chi connectivity index (χ4n) is 2.93. The maximum Gasteiger partial charge on any atom is 0.341 e. The molecular formula is C19H14F2INO4. The molecule has 1 aromatic heterocycles. The second-order valence-corrected chi connectivity index (χ2v) is 7.11. The molecular weight excluding hydrogens is 471 g/mol. The van der Waals surface area contributed by atoms with Gasteiger partial charge in [0.05, 0.1) is 12.1 Å². The molecule has 27 heavy (non-hydrogen) atoms. The lowest BCUT2D eigenvalue weighted by atomic mass is 10.0. The monoisotopic (exact) mass is 485 g/mol. The molecule has 0 aliphatic rings. The van der Waals surface area contributed by atoms with E-state index in [2.05, 4.69) is 0 Å². The molecule has 2 N–H and O–H groups in total. The average molecular weight is 485 g/mol. The molecule has 0 amide bonds. The highest BCUT2D eigenvalue weighted by atomic mass is 127. The fraction of sp³-hybridized carbons (Fsp3) is 0.158. The zero-order valence-electron chi connectivity index (χ0n) is 13.9. The van der Waals surface area contributed by atoms with Gasteiger partial charge in [-0.3, -0.25) is 4.79 Å². The van der Waals surface area contributed by atoms with Crippen molar-refractivity contribution in [3.05, 3.63) is 78.6 Å². The number of pyridine rings is 1. The quantitative estimate of drug-likeness (QED) is 0.545. The van der Waals surface area contributed by atoms with Gasteiger partial charge in [0, 0.05) is 28.1 Å². The predicted molar refractivity (Wildman–Crippen MR) is 104 cm³/mol. The Kier molecular flexibility index (Phi) is 5.56. The molecule has 2 aromatic carbocycles. The highest BCUT2D eigenvalue weighted by Crippen LogP contribution is 2.23. The Bertz CT molecular complexity index is 1110. The first-order chi connectivity index (χ1) is 12.8. The van der Waals surface area contributed by atoms with Crippen molar-refractivity contribution < 1.29 is 23.8 Å². The van der Waals surface area contributed by atoms with Gasteiger partial charge in [-0.2, -0.15) is 0 Å². The number of carbonyl (C=O) groups is 1. The van der Waals surface area contributed by atoms with E-state index < -0.39 is 28.6 Å². The van der Waals surface area contributed by atoms with Crippen molar-refractivity contribution in [1.82, 2.24) is 4.57 Å². The van der Waals surface area contributed by atoms with E-state index >= 15 is 0 Å². The lowest BCUT2D eigenvalue weighted by molar-refractivity contribution is 0.0694. The van der Waals surface area contributed by atoms with E-state index in [0.29, 0.717) is 3.57 Å². The number of fused-ring (bicyclic) bond motifs is 1. The van der Waals surface area contributed by atoms with E-state index in [1.54, 1.807) is 12.1 Å². The number of aromatic nitrogens is 1. The molecule has 1 heterocycles. The van der Waals surface area contributed by atoms with E-state index in [9.17, 15) is 28.6 Å². The SMILES string of the molecule is O=C(O)c1cn(CCO)c2cc(F)c(Cc3cccc(I)c3F)cc2c1=O. The molecule has 5 nitrogen and oxygen atoms in total. The minimum atomic E-state index is -1.41. The van der Waals surface area contributed by atoms with Gasteiger partial charge in [-0.15, -0.1) is 0 Å². The third-order valence-corrected chi connectivity index (χ3v) is 5.07. The molecule has 140 valence electrons. The van der Waals surface area contributed by atoms with Gasteiger partial charge < -0.3 is 14.8 Å². The smallest absolute Gasteiger partial charge is 0.341 e. The number of hydrogen-bond donors (Lipinski definition) is 2. The minimum Gasteiger partial charge on any atom is -0.477 e. The van der Waals surface area contributed by atoms with Crippen LogP contribution in [0.15, 0.2) is 41.3 Å². The molecule has 0 bridgehead atoms. The van der Waals surface area contributed by atoms with Gasteiger partial charge in [-0.05, 0) is 51.9 Å². The summed E-state index contributed by atoms with van der Waals surface area (Å²) in [6.45, 7) is -0.310. The summed E-state index contributed by atoms with van der Waals surface area (Å²) in [4.78, 5) is 23.9. The van der Waals surface area contributed by atoms with Gasteiger partial charge in [-0.1, -0.05) is 12.1 Å². The van der Waals surface area contributed by atoms with Crippen LogP contribution in [0.5, 0.6) is 0 Å². The average Bonchev–Trinajstić information content (AvgIpc) is 2.62. The van der Waals surface area contributed by atoms with Crippen molar-refractivity contribution >= 4 is 39.5 Å². The topological polar surface area (TPSA) is 79.5 Å². The maximum atomic E-state index is 14.6. The first-order valence-corrected chi connectivity index (χ1v) is 9.04. The number of carboxylic acid groups (broad SMARTS) is 1. The van der Waals surface area contributed by atoms with Crippen LogP contribution < -0.4 is 5.43 Å². The number of benzene rings is 2. The van der Waals surface area contributed by atoms with Crippen molar-refractivity contribution in [2.45, 2.75) is 13.0 Å². The lowest BCUT2D eigenvalue weighted by Gasteiger charge is -2.13. The largest absolute Gasteiger partial charge is 0.477 e. The maximum absolute atomic E-state index is 14.6.